The molecule has 2 N–H and O–H groups in total. The average Bonchev–Trinajstić information content (AvgIpc) is 2.90. The average molecular weight is 253 g/mol. The Balaban J connectivity index is 1.67. The van der Waals surface area contributed by atoms with Crippen LogP contribution in [0.15, 0.2) is 17.8 Å². The van der Waals surface area contributed by atoms with Gasteiger partial charge < -0.3 is 15.2 Å². The van der Waals surface area contributed by atoms with Gasteiger partial charge in [-0.3, -0.25) is 4.40 Å². The third-order valence-corrected chi connectivity index (χ3v) is 3.68. The monoisotopic (exact) mass is 253 g/mol. The van der Waals surface area contributed by atoms with Gasteiger partial charge >= 0.3 is 0 Å². The Morgan fingerprint density at radius 2 is 2.53 bits per heavy atom. The minimum absolute atomic E-state index is 0.0107. The molecule has 2 aromatic heterocycles. The van der Waals surface area contributed by atoms with Crippen molar-refractivity contribution in [3.63, 3.8) is 0 Å². The molecule has 1 aliphatic rings. The molecule has 2 aromatic rings. The van der Waals surface area contributed by atoms with Gasteiger partial charge in [0.25, 0.3) is 0 Å². The number of hydrogen-bond donors (Lipinski definition) is 1. The minimum Gasteiger partial charge on any atom is -0.376 e. The molecule has 6 heteroatoms. The lowest BCUT2D eigenvalue weighted by molar-refractivity contribution is -0.0968. The van der Waals surface area contributed by atoms with Crippen LogP contribution in [0.3, 0.4) is 0 Å². The van der Waals surface area contributed by atoms with Crippen molar-refractivity contribution in [2.45, 2.75) is 18.6 Å². The molecule has 0 aromatic carbocycles. The van der Waals surface area contributed by atoms with Crippen molar-refractivity contribution in [2.75, 3.05) is 19.8 Å². The van der Waals surface area contributed by atoms with E-state index in [1.54, 1.807) is 11.3 Å². The highest BCUT2D eigenvalue weighted by Gasteiger charge is 2.23. The van der Waals surface area contributed by atoms with Gasteiger partial charge in [0.05, 0.1) is 31.6 Å². The molecule has 0 amide bonds. The van der Waals surface area contributed by atoms with E-state index in [1.807, 2.05) is 22.2 Å². The number of rotatable bonds is 3. The molecule has 5 nitrogen and oxygen atoms in total. The summed E-state index contributed by atoms with van der Waals surface area (Å²) in [6, 6.07) is -0.0556. The largest absolute Gasteiger partial charge is 0.376 e. The second kappa shape index (κ2) is 4.73. The summed E-state index contributed by atoms with van der Waals surface area (Å²) in [6.07, 6.45) is 4.74. The number of nitrogens with zero attached hydrogens (tertiary/aromatic N) is 2. The van der Waals surface area contributed by atoms with Crippen LogP contribution in [0.25, 0.3) is 4.96 Å². The first-order chi connectivity index (χ1) is 8.33. The maximum atomic E-state index is 6.12. The SMILES string of the molecule is NC(Cc1cn2ccsc2n1)C1COCCO1. The Kier molecular flexibility index (Phi) is 3.11. The van der Waals surface area contributed by atoms with Gasteiger partial charge in [-0.25, -0.2) is 4.98 Å². The summed E-state index contributed by atoms with van der Waals surface area (Å²) in [6.45, 7) is 1.89. The van der Waals surface area contributed by atoms with Gasteiger partial charge in [0, 0.05) is 30.2 Å². The lowest BCUT2D eigenvalue weighted by Gasteiger charge is -2.27. The normalized spacial score (nSPS) is 23.0. The van der Waals surface area contributed by atoms with Gasteiger partial charge in [-0.1, -0.05) is 0 Å². The summed E-state index contributed by atoms with van der Waals surface area (Å²) in [5, 5.41) is 2.02. The van der Waals surface area contributed by atoms with Crippen LogP contribution in [0, 0.1) is 0 Å². The van der Waals surface area contributed by atoms with Gasteiger partial charge in [0.1, 0.15) is 0 Å². The van der Waals surface area contributed by atoms with Gasteiger partial charge in [0.15, 0.2) is 4.96 Å². The van der Waals surface area contributed by atoms with Crippen LogP contribution in [0.4, 0.5) is 0 Å². The van der Waals surface area contributed by atoms with Crippen LogP contribution in [0.5, 0.6) is 0 Å². The highest BCUT2D eigenvalue weighted by Crippen LogP contribution is 2.14. The van der Waals surface area contributed by atoms with Gasteiger partial charge in [0.2, 0.25) is 0 Å². The molecule has 0 spiro atoms. The highest BCUT2D eigenvalue weighted by atomic mass is 32.1. The summed E-state index contributed by atoms with van der Waals surface area (Å²) < 4.78 is 13.0. The van der Waals surface area contributed by atoms with E-state index < -0.39 is 0 Å². The van der Waals surface area contributed by atoms with Crippen LogP contribution in [0.2, 0.25) is 0 Å². The molecule has 0 bridgehead atoms. The molecule has 0 radical (unpaired) electrons. The Hall–Kier alpha value is -0.950. The van der Waals surface area contributed by atoms with Crippen LogP contribution in [0.1, 0.15) is 5.69 Å². The Bertz CT molecular complexity index is 461. The van der Waals surface area contributed by atoms with E-state index in [0.29, 0.717) is 19.8 Å². The fourth-order valence-corrected chi connectivity index (χ4v) is 2.72. The third-order valence-electron chi connectivity index (χ3n) is 2.91. The standard InChI is InChI=1S/C11H15N3O2S/c12-9(10-7-15-2-3-16-10)5-8-6-14-1-4-17-11(14)13-8/h1,4,6,9-10H,2-3,5,7,12H2. The molecule has 0 aliphatic carbocycles. The second-order valence-corrected chi connectivity index (χ2v) is 5.05. The first-order valence-electron chi connectivity index (χ1n) is 5.69. The Morgan fingerprint density at radius 3 is 3.29 bits per heavy atom. The maximum Gasteiger partial charge on any atom is 0.193 e. The zero-order valence-corrected chi connectivity index (χ0v) is 10.2. The molecule has 1 fully saturated rings. The summed E-state index contributed by atoms with van der Waals surface area (Å²) in [7, 11) is 0. The molecule has 0 saturated carbocycles. The Labute approximate surface area is 103 Å². The number of nitrogens with two attached hydrogens (primary N) is 1. The Morgan fingerprint density at radius 1 is 1.59 bits per heavy atom. The van der Waals surface area contributed by atoms with Crippen molar-refractivity contribution in [1.82, 2.24) is 9.38 Å². The molecule has 1 saturated heterocycles. The van der Waals surface area contributed by atoms with Crippen molar-refractivity contribution in [2.24, 2.45) is 5.73 Å². The van der Waals surface area contributed by atoms with Crippen molar-refractivity contribution in [1.29, 1.82) is 0 Å². The van der Waals surface area contributed by atoms with Gasteiger partial charge in [-0.15, -0.1) is 11.3 Å². The number of ether oxygens (including phenoxy) is 2. The molecule has 2 atom stereocenters. The summed E-state index contributed by atoms with van der Waals surface area (Å²) in [5.74, 6) is 0. The summed E-state index contributed by atoms with van der Waals surface area (Å²) >= 11 is 1.63. The van der Waals surface area contributed by atoms with Crippen molar-refractivity contribution in [3.05, 3.63) is 23.5 Å². The number of hydrogen-bond acceptors (Lipinski definition) is 5. The van der Waals surface area contributed by atoms with Crippen molar-refractivity contribution >= 4 is 16.3 Å². The van der Waals surface area contributed by atoms with E-state index in [0.717, 1.165) is 17.1 Å². The number of thiazole rings is 1. The summed E-state index contributed by atoms with van der Waals surface area (Å²) in [4.78, 5) is 5.52. The van der Waals surface area contributed by atoms with Crippen LogP contribution < -0.4 is 5.73 Å². The zero-order valence-electron chi connectivity index (χ0n) is 9.41. The molecule has 92 valence electrons. The molecule has 17 heavy (non-hydrogen) atoms. The van der Waals surface area contributed by atoms with E-state index in [9.17, 15) is 0 Å². The maximum absolute atomic E-state index is 6.12. The van der Waals surface area contributed by atoms with E-state index in [4.69, 9.17) is 15.2 Å². The lowest BCUT2D eigenvalue weighted by atomic mass is 10.1. The summed E-state index contributed by atoms with van der Waals surface area (Å²) in [5.41, 5.74) is 7.13. The predicted octanol–water partition coefficient (Wildman–Crippen LogP) is 0.681. The molecular weight excluding hydrogens is 238 g/mol. The van der Waals surface area contributed by atoms with Crippen LogP contribution in [-0.4, -0.2) is 41.4 Å². The van der Waals surface area contributed by atoms with E-state index in [2.05, 4.69) is 4.98 Å². The number of fused-ring (bicyclic) bond motifs is 1. The first-order valence-corrected chi connectivity index (χ1v) is 6.57. The first kappa shape index (κ1) is 11.2. The van der Waals surface area contributed by atoms with Gasteiger partial charge in [-0.2, -0.15) is 0 Å². The topological polar surface area (TPSA) is 61.8 Å². The quantitative estimate of drug-likeness (QED) is 0.874. The van der Waals surface area contributed by atoms with E-state index in [-0.39, 0.29) is 12.1 Å². The van der Waals surface area contributed by atoms with Crippen LogP contribution >= 0.6 is 11.3 Å². The van der Waals surface area contributed by atoms with E-state index in [1.165, 1.54) is 0 Å². The fraction of sp³-hybridized carbons (Fsp3) is 0.545. The molecule has 1 aliphatic heterocycles. The number of imidazole rings is 1. The third kappa shape index (κ3) is 2.35. The van der Waals surface area contributed by atoms with Crippen LogP contribution in [-0.2, 0) is 15.9 Å². The fourth-order valence-electron chi connectivity index (χ4n) is 2.00. The van der Waals surface area contributed by atoms with Gasteiger partial charge in [-0.05, 0) is 0 Å². The predicted molar refractivity (Wildman–Crippen MR) is 65.3 cm³/mol. The van der Waals surface area contributed by atoms with E-state index >= 15 is 0 Å². The van der Waals surface area contributed by atoms with Crippen molar-refractivity contribution < 1.29 is 9.47 Å². The lowest BCUT2D eigenvalue weighted by Crippen LogP contribution is -2.44. The van der Waals surface area contributed by atoms with Crippen molar-refractivity contribution in [3.8, 4) is 0 Å². The molecule has 3 rings (SSSR count). The second-order valence-electron chi connectivity index (χ2n) is 4.18. The smallest absolute Gasteiger partial charge is 0.193 e. The molecule has 3 heterocycles. The zero-order chi connectivity index (χ0) is 11.7. The minimum atomic E-state index is -0.0556. The molecular formula is C11H15N3O2S. The molecule has 2 unspecified atom stereocenters. The number of aromatic nitrogens is 2. The highest BCUT2D eigenvalue weighted by molar-refractivity contribution is 7.15.